The van der Waals surface area contributed by atoms with Crippen molar-refractivity contribution in [2.75, 3.05) is 23.5 Å². The number of nitrogens with zero attached hydrogens (tertiary/aromatic N) is 3. The highest BCUT2D eigenvalue weighted by atomic mass is 79.9. The second-order valence-electron chi connectivity index (χ2n) is 10.1. The maximum absolute atomic E-state index is 13.9. The second kappa shape index (κ2) is 13.5. The molecule has 0 bridgehead atoms. The number of thioether (sulfide) groups is 1. The molecular weight excluding hydrogens is 614 g/mol. The first-order valence-corrected chi connectivity index (χ1v) is 15.6. The van der Waals surface area contributed by atoms with Gasteiger partial charge in [-0.1, -0.05) is 71.4 Å². The van der Waals surface area contributed by atoms with Crippen molar-refractivity contribution in [2.45, 2.75) is 51.4 Å². The Kier molecular flexibility index (Phi) is 9.54. The number of rotatable bonds is 11. The molecule has 0 fully saturated rings. The highest BCUT2D eigenvalue weighted by Crippen LogP contribution is 2.40. The normalized spacial score (nSPS) is 14.3. The molecule has 1 aliphatic heterocycles. The molecule has 1 aromatic heterocycles. The molecule has 2 N–H and O–H groups in total. The third-order valence-electron chi connectivity index (χ3n) is 6.89. The molecule has 218 valence electrons. The molecule has 5 rings (SSSR count). The number of fused-ring (bicyclic) bond motifs is 1. The summed E-state index contributed by atoms with van der Waals surface area (Å²) >= 11 is 5.09. The number of aryl methyl sites for hydroxylation is 1. The van der Waals surface area contributed by atoms with Crippen LogP contribution >= 0.6 is 27.7 Å². The van der Waals surface area contributed by atoms with E-state index in [1.165, 1.54) is 0 Å². The Morgan fingerprint density at radius 3 is 2.64 bits per heavy atom. The summed E-state index contributed by atoms with van der Waals surface area (Å²) in [4.78, 5) is 18.6. The zero-order chi connectivity index (χ0) is 29.6. The number of unbranched alkanes of at least 4 members (excludes halogenated alkanes) is 1. The average Bonchev–Trinajstić information content (AvgIpc) is 3.38. The topological polar surface area (TPSA) is 90.3 Å². The summed E-state index contributed by atoms with van der Waals surface area (Å²) in [5, 5.41) is 11.9. The first-order chi connectivity index (χ1) is 20.4. The molecule has 0 radical (unpaired) electrons. The maximum atomic E-state index is 13.9. The number of amides is 1. The lowest BCUT2D eigenvalue weighted by Crippen LogP contribution is -2.31. The van der Waals surface area contributed by atoms with E-state index in [0.717, 1.165) is 45.4 Å². The Balaban J connectivity index is 1.50. The number of allylic oxidation sites excluding steroid dienone is 1. The van der Waals surface area contributed by atoms with Gasteiger partial charge < -0.3 is 20.1 Å². The molecule has 8 nitrogen and oxygen atoms in total. The number of carbonyl (C=O) groups excluding carboxylic acids is 1. The van der Waals surface area contributed by atoms with Gasteiger partial charge in [-0.05, 0) is 73.4 Å². The number of hydrogen-bond acceptors (Lipinski definition) is 7. The zero-order valence-corrected chi connectivity index (χ0v) is 26.5. The summed E-state index contributed by atoms with van der Waals surface area (Å²) in [5.41, 5.74) is 4.92. The fourth-order valence-electron chi connectivity index (χ4n) is 4.74. The molecule has 1 unspecified atom stereocenters. The number of nitrogens with one attached hydrogen (secondary N) is 2. The number of carbonyl (C=O) groups is 1. The first kappa shape index (κ1) is 29.7. The standard InChI is InChI=1S/C32H34BrN5O3S/c1-5-6-16-42-32-36-31-34-21(3)28(30(39)35-25-9-7-8-20(2)17-25)29(38(31)37-32)23-12-15-26(27(18-23)40-4)41-19-22-10-13-24(33)14-11-22/h7-15,17-18,29H,5-6,16,19H2,1-4H3,(H,35,39)(H,34,36,37). The number of benzene rings is 3. The minimum Gasteiger partial charge on any atom is -0.493 e. The molecule has 0 saturated carbocycles. The lowest BCUT2D eigenvalue weighted by molar-refractivity contribution is -0.113. The van der Waals surface area contributed by atoms with Crippen LogP contribution in [-0.2, 0) is 11.4 Å². The molecule has 42 heavy (non-hydrogen) atoms. The monoisotopic (exact) mass is 647 g/mol. The molecule has 1 aliphatic rings. The number of halogens is 1. The van der Waals surface area contributed by atoms with Crippen molar-refractivity contribution < 1.29 is 14.3 Å². The zero-order valence-electron chi connectivity index (χ0n) is 24.1. The fourth-order valence-corrected chi connectivity index (χ4v) is 5.92. The van der Waals surface area contributed by atoms with Gasteiger partial charge in [-0.15, -0.1) is 5.10 Å². The van der Waals surface area contributed by atoms with Crippen LogP contribution in [0, 0.1) is 6.92 Å². The quantitative estimate of drug-likeness (QED) is 0.127. The summed E-state index contributed by atoms with van der Waals surface area (Å²) < 4.78 is 14.7. The van der Waals surface area contributed by atoms with Crippen LogP contribution in [0.3, 0.4) is 0 Å². The van der Waals surface area contributed by atoms with Gasteiger partial charge in [-0.3, -0.25) is 4.79 Å². The Morgan fingerprint density at radius 1 is 1.10 bits per heavy atom. The molecule has 0 aliphatic carbocycles. The van der Waals surface area contributed by atoms with E-state index in [2.05, 4.69) is 33.5 Å². The van der Waals surface area contributed by atoms with Crippen LogP contribution in [0.4, 0.5) is 11.6 Å². The van der Waals surface area contributed by atoms with Gasteiger partial charge in [0.05, 0.1) is 12.7 Å². The van der Waals surface area contributed by atoms with Gasteiger partial charge in [0.25, 0.3) is 5.91 Å². The number of hydrogen-bond donors (Lipinski definition) is 2. The molecule has 10 heteroatoms. The molecule has 0 saturated heterocycles. The van der Waals surface area contributed by atoms with Crippen molar-refractivity contribution >= 4 is 45.2 Å². The van der Waals surface area contributed by atoms with Crippen molar-refractivity contribution in [3.05, 3.63) is 99.2 Å². The van der Waals surface area contributed by atoms with Crippen LogP contribution in [-0.4, -0.2) is 33.5 Å². The van der Waals surface area contributed by atoms with Crippen LogP contribution in [0.2, 0.25) is 0 Å². The van der Waals surface area contributed by atoms with E-state index in [-0.39, 0.29) is 5.91 Å². The van der Waals surface area contributed by atoms with E-state index in [1.807, 2.05) is 80.6 Å². The van der Waals surface area contributed by atoms with E-state index in [9.17, 15) is 4.79 Å². The van der Waals surface area contributed by atoms with Crippen LogP contribution < -0.4 is 20.1 Å². The van der Waals surface area contributed by atoms with Crippen LogP contribution in [0.25, 0.3) is 0 Å². The SMILES string of the molecule is CCCCSc1nc2n(n1)C(c1ccc(OCc3ccc(Br)cc3)c(OC)c1)C(C(=O)Nc1cccc(C)c1)=C(C)N2. The minimum absolute atomic E-state index is 0.216. The Morgan fingerprint density at radius 2 is 1.90 bits per heavy atom. The third kappa shape index (κ3) is 6.82. The summed E-state index contributed by atoms with van der Waals surface area (Å²) in [6.07, 6.45) is 2.17. The van der Waals surface area contributed by atoms with E-state index in [1.54, 1.807) is 23.6 Å². The molecule has 3 aromatic carbocycles. The van der Waals surface area contributed by atoms with Gasteiger partial charge in [0.15, 0.2) is 11.5 Å². The average molecular weight is 649 g/mol. The minimum atomic E-state index is -0.534. The van der Waals surface area contributed by atoms with Gasteiger partial charge >= 0.3 is 0 Å². The fraction of sp³-hybridized carbons (Fsp3) is 0.281. The largest absolute Gasteiger partial charge is 0.493 e. The summed E-state index contributed by atoms with van der Waals surface area (Å²) in [5.74, 6) is 2.48. The summed E-state index contributed by atoms with van der Waals surface area (Å²) in [6.45, 7) is 6.45. The molecule has 1 atom stereocenters. The smallest absolute Gasteiger partial charge is 0.255 e. The van der Waals surface area contributed by atoms with Crippen molar-refractivity contribution in [2.24, 2.45) is 0 Å². The second-order valence-corrected chi connectivity index (χ2v) is 12.1. The predicted octanol–water partition coefficient (Wildman–Crippen LogP) is 7.76. The van der Waals surface area contributed by atoms with Crippen LogP contribution in [0.5, 0.6) is 11.5 Å². The third-order valence-corrected chi connectivity index (χ3v) is 8.35. The summed E-state index contributed by atoms with van der Waals surface area (Å²) in [6, 6.07) is 21.0. The molecular formula is C32H34BrN5O3S. The number of anilines is 2. The van der Waals surface area contributed by atoms with Crippen molar-refractivity contribution in [1.29, 1.82) is 0 Å². The van der Waals surface area contributed by atoms with Gasteiger partial charge in [0.1, 0.15) is 12.6 Å². The van der Waals surface area contributed by atoms with Crippen molar-refractivity contribution in [1.82, 2.24) is 14.8 Å². The highest BCUT2D eigenvalue weighted by Gasteiger charge is 2.35. The van der Waals surface area contributed by atoms with Gasteiger partial charge in [-0.2, -0.15) is 4.98 Å². The predicted molar refractivity (Wildman–Crippen MR) is 171 cm³/mol. The Bertz CT molecular complexity index is 1600. The van der Waals surface area contributed by atoms with Gasteiger partial charge in [0.2, 0.25) is 11.1 Å². The molecule has 2 heterocycles. The lowest BCUT2D eigenvalue weighted by atomic mass is 9.94. The van der Waals surface area contributed by atoms with E-state index >= 15 is 0 Å². The van der Waals surface area contributed by atoms with Crippen molar-refractivity contribution in [3.63, 3.8) is 0 Å². The summed E-state index contributed by atoms with van der Waals surface area (Å²) in [7, 11) is 1.61. The number of aromatic nitrogens is 3. The van der Waals surface area contributed by atoms with E-state index in [4.69, 9.17) is 19.6 Å². The van der Waals surface area contributed by atoms with E-state index in [0.29, 0.717) is 40.5 Å². The maximum Gasteiger partial charge on any atom is 0.255 e. The molecule has 4 aromatic rings. The Labute approximate surface area is 259 Å². The highest BCUT2D eigenvalue weighted by molar-refractivity contribution is 9.10. The van der Waals surface area contributed by atoms with Crippen molar-refractivity contribution in [3.8, 4) is 11.5 Å². The first-order valence-electron chi connectivity index (χ1n) is 13.9. The van der Waals surface area contributed by atoms with E-state index < -0.39 is 6.04 Å². The van der Waals surface area contributed by atoms with Crippen LogP contribution in [0.1, 0.15) is 49.4 Å². The number of methoxy groups -OCH3 is 1. The Hall–Kier alpha value is -3.76. The molecule has 0 spiro atoms. The van der Waals surface area contributed by atoms with Crippen LogP contribution in [0.15, 0.2) is 87.6 Å². The lowest BCUT2D eigenvalue weighted by Gasteiger charge is -2.29. The van der Waals surface area contributed by atoms with Gasteiger partial charge in [-0.25, -0.2) is 4.68 Å². The number of ether oxygens (including phenoxy) is 2. The molecule has 1 amide bonds. The van der Waals surface area contributed by atoms with Gasteiger partial charge in [0, 0.05) is 21.6 Å².